The molecule has 0 fully saturated rings. The fourth-order valence-electron chi connectivity index (χ4n) is 9.81. The zero-order valence-corrected chi connectivity index (χ0v) is 32.6. The molecule has 60 heavy (non-hydrogen) atoms. The number of para-hydroxylation sites is 1. The van der Waals surface area contributed by atoms with Crippen molar-refractivity contribution in [2.24, 2.45) is 0 Å². The second kappa shape index (κ2) is 13.6. The third-order valence-corrected chi connectivity index (χ3v) is 12.4. The van der Waals surface area contributed by atoms with Gasteiger partial charge in [-0.3, -0.25) is 0 Å². The summed E-state index contributed by atoms with van der Waals surface area (Å²) in [6.07, 6.45) is 0. The molecule has 0 radical (unpaired) electrons. The maximum Gasteiger partial charge on any atom is 0.160 e. The van der Waals surface area contributed by atoms with Crippen LogP contribution in [0.25, 0.3) is 88.9 Å². The molecule has 0 N–H and O–H groups in total. The van der Waals surface area contributed by atoms with Crippen molar-refractivity contribution in [1.29, 1.82) is 0 Å². The van der Waals surface area contributed by atoms with Gasteiger partial charge in [-0.1, -0.05) is 194 Å². The van der Waals surface area contributed by atoms with Gasteiger partial charge in [0.05, 0.1) is 16.8 Å². The van der Waals surface area contributed by atoms with E-state index in [-0.39, 0.29) is 0 Å². The lowest BCUT2D eigenvalue weighted by molar-refractivity contribution is 0.669. The Morgan fingerprint density at radius 1 is 0.333 bits per heavy atom. The molecular weight excluding hydrogens is 729 g/mol. The van der Waals surface area contributed by atoms with Gasteiger partial charge in [-0.25, -0.2) is 9.97 Å². The monoisotopic (exact) mass is 764 g/mol. The lowest BCUT2D eigenvalue weighted by Crippen LogP contribution is -2.28. The second-order valence-corrected chi connectivity index (χ2v) is 15.6. The maximum absolute atomic E-state index is 6.33. The maximum atomic E-state index is 6.33. The molecule has 0 atom stereocenters. The number of benzene rings is 9. The zero-order chi connectivity index (χ0) is 39.6. The van der Waals surface area contributed by atoms with Crippen LogP contribution >= 0.6 is 0 Å². The summed E-state index contributed by atoms with van der Waals surface area (Å²) in [7, 11) is 0. The summed E-state index contributed by atoms with van der Waals surface area (Å²) < 4.78 is 6.33. The van der Waals surface area contributed by atoms with Crippen LogP contribution in [0.2, 0.25) is 0 Å². The van der Waals surface area contributed by atoms with Crippen LogP contribution in [0.3, 0.4) is 0 Å². The third kappa shape index (κ3) is 5.16. The molecule has 2 aromatic heterocycles. The highest BCUT2D eigenvalue weighted by Gasteiger charge is 2.46. The Labute approximate surface area is 347 Å². The number of rotatable bonds is 6. The Balaban J connectivity index is 1.07. The van der Waals surface area contributed by atoms with Gasteiger partial charge in [-0.15, -0.1) is 0 Å². The Morgan fingerprint density at radius 3 is 1.67 bits per heavy atom. The van der Waals surface area contributed by atoms with Gasteiger partial charge in [0.1, 0.15) is 11.2 Å². The first-order valence-corrected chi connectivity index (χ1v) is 20.5. The Hall–Kier alpha value is -7.88. The van der Waals surface area contributed by atoms with Crippen LogP contribution in [0.5, 0.6) is 0 Å². The third-order valence-electron chi connectivity index (χ3n) is 12.4. The topological polar surface area (TPSA) is 38.9 Å². The molecule has 0 unspecified atom stereocenters. The average Bonchev–Trinajstić information content (AvgIpc) is 3.85. The van der Waals surface area contributed by atoms with E-state index in [1.54, 1.807) is 0 Å². The minimum Gasteiger partial charge on any atom is -0.456 e. The van der Waals surface area contributed by atoms with Crippen molar-refractivity contribution in [2.75, 3.05) is 0 Å². The summed E-state index contributed by atoms with van der Waals surface area (Å²) in [5.74, 6) is 0.677. The number of aromatic nitrogens is 2. The fraction of sp³-hybridized carbons (Fsp3) is 0.0175. The fourth-order valence-corrected chi connectivity index (χ4v) is 9.81. The molecule has 3 nitrogen and oxygen atoms in total. The van der Waals surface area contributed by atoms with Crippen molar-refractivity contribution in [3.05, 3.63) is 241 Å². The van der Waals surface area contributed by atoms with E-state index in [0.717, 1.165) is 55.4 Å². The summed E-state index contributed by atoms with van der Waals surface area (Å²) in [5, 5.41) is 4.50. The van der Waals surface area contributed by atoms with Crippen molar-refractivity contribution < 1.29 is 4.42 Å². The number of nitrogens with zero attached hydrogens (tertiary/aromatic N) is 2. The van der Waals surface area contributed by atoms with Crippen LogP contribution in [0.1, 0.15) is 22.3 Å². The molecule has 0 amide bonds. The molecule has 11 aromatic rings. The Morgan fingerprint density at radius 2 is 0.900 bits per heavy atom. The molecule has 280 valence electrons. The van der Waals surface area contributed by atoms with E-state index >= 15 is 0 Å². The van der Waals surface area contributed by atoms with Gasteiger partial charge >= 0.3 is 0 Å². The zero-order valence-electron chi connectivity index (χ0n) is 32.6. The summed E-state index contributed by atoms with van der Waals surface area (Å²) in [6.45, 7) is 0. The quantitative estimate of drug-likeness (QED) is 0.169. The molecule has 0 saturated heterocycles. The molecule has 0 bridgehead atoms. The van der Waals surface area contributed by atoms with Gasteiger partial charge in [0.15, 0.2) is 5.82 Å². The molecule has 12 rings (SSSR count). The van der Waals surface area contributed by atoms with Crippen molar-refractivity contribution in [2.45, 2.75) is 5.41 Å². The first-order chi connectivity index (χ1) is 29.8. The van der Waals surface area contributed by atoms with E-state index in [4.69, 9.17) is 14.4 Å². The highest BCUT2D eigenvalue weighted by molar-refractivity contribution is 6.09. The van der Waals surface area contributed by atoms with E-state index in [2.05, 4.69) is 188 Å². The van der Waals surface area contributed by atoms with Crippen LogP contribution in [-0.2, 0) is 5.41 Å². The smallest absolute Gasteiger partial charge is 0.160 e. The molecule has 9 aromatic carbocycles. The van der Waals surface area contributed by atoms with Gasteiger partial charge in [-0.2, -0.15) is 0 Å². The van der Waals surface area contributed by atoms with E-state index in [0.29, 0.717) is 5.82 Å². The summed E-state index contributed by atoms with van der Waals surface area (Å²) in [6, 6.07) is 78.1. The number of fused-ring (bicyclic) bond motifs is 7. The van der Waals surface area contributed by atoms with Gasteiger partial charge < -0.3 is 4.42 Å². The van der Waals surface area contributed by atoms with E-state index in [1.165, 1.54) is 49.9 Å². The van der Waals surface area contributed by atoms with E-state index in [9.17, 15) is 0 Å². The normalized spacial score (nSPS) is 12.8. The van der Waals surface area contributed by atoms with Crippen LogP contribution in [0, 0.1) is 0 Å². The highest BCUT2D eigenvalue weighted by atomic mass is 16.3. The van der Waals surface area contributed by atoms with Crippen LogP contribution in [0.4, 0.5) is 0 Å². The van der Waals surface area contributed by atoms with E-state index in [1.807, 2.05) is 30.3 Å². The molecule has 2 heterocycles. The minimum atomic E-state index is -0.475. The van der Waals surface area contributed by atoms with Crippen LogP contribution < -0.4 is 0 Å². The first kappa shape index (κ1) is 34.2. The van der Waals surface area contributed by atoms with Crippen molar-refractivity contribution >= 4 is 32.7 Å². The molecular formula is C57H36N2O. The standard InChI is InChI=1S/C57H36N2O/c1-4-17-37(18-5-1)56-58-51(38-31-32-46-45-25-13-15-30-53(45)60-54(46)35-38)36-52(59-56)44-34-33-43(41-23-10-11-24-42(41)44)47-27-16-29-50-55(47)48-26-12-14-28-49(48)57(50,39-19-6-2-7-20-39)40-21-8-3-9-22-40/h1-36H. The predicted molar refractivity (Wildman–Crippen MR) is 246 cm³/mol. The lowest BCUT2D eigenvalue weighted by atomic mass is 9.67. The van der Waals surface area contributed by atoms with Gasteiger partial charge in [0.25, 0.3) is 0 Å². The van der Waals surface area contributed by atoms with Gasteiger partial charge in [-0.05, 0) is 79.5 Å². The van der Waals surface area contributed by atoms with Crippen molar-refractivity contribution in [1.82, 2.24) is 9.97 Å². The minimum absolute atomic E-state index is 0.475. The molecule has 0 aliphatic heterocycles. The lowest BCUT2D eigenvalue weighted by Gasteiger charge is -2.34. The van der Waals surface area contributed by atoms with Crippen LogP contribution in [-0.4, -0.2) is 9.97 Å². The molecule has 0 saturated carbocycles. The SMILES string of the molecule is c1ccc(-c2nc(-c3ccc4c(c3)oc3ccccc34)cc(-c3ccc(-c4cccc5c4-c4ccccc4C5(c4ccccc4)c4ccccc4)c4ccccc34)n2)cc1. The summed E-state index contributed by atoms with van der Waals surface area (Å²) in [5.41, 5.74) is 16.0. The van der Waals surface area contributed by atoms with Gasteiger partial charge in [0, 0.05) is 27.5 Å². The largest absolute Gasteiger partial charge is 0.456 e. The molecule has 1 aliphatic carbocycles. The number of hydrogen-bond donors (Lipinski definition) is 0. The predicted octanol–water partition coefficient (Wildman–Crippen LogP) is 14.6. The van der Waals surface area contributed by atoms with E-state index < -0.39 is 5.41 Å². The second-order valence-electron chi connectivity index (χ2n) is 15.6. The Kier molecular flexibility index (Phi) is 7.76. The Bertz CT molecular complexity index is 3380. The highest BCUT2D eigenvalue weighted by Crippen LogP contribution is 2.58. The average molecular weight is 765 g/mol. The molecule has 3 heteroatoms. The van der Waals surface area contributed by atoms with Gasteiger partial charge in [0.2, 0.25) is 0 Å². The number of furan rings is 1. The number of hydrogen-bond acceptors (Lipinski definition) is 3. The van der Waals surface area contributed by atoms with Crippen molar-refractivity contribution in [3.63, 3.8) is 0 Å². The molecule has 1 aliphatic rings. The molecule has 0 spiro atoms. The van der Waals surface area contributed by atoms with Crippen LogP contribution in [0.15, 0.2) is 223 Å². The summed E-state index contributed by atoms with van der Waals surface area (Å²) >= 11 is 0. The first-order valence-electron chi connectivity index (χ1n) is 20.5. The van der Waals surface area contributed by atoms with Crippen molar-refractivity contribution in [3.8, 4) is 56.2 Å². The summed E-state index contributed by atoms with van der Waals surface area (Å²) in [4.78, 5) is 10.5.